The van der Waals surface area contributed by atoms with E-state index in [4.69, 9.17) is 0 Å². The Morgan fingerprint density at radius 1 is 1.00 bits per heavy atom. The van der Waals surface area contributed by atoms with Gasteiger partial charge >= 0.3 is 0 Å². The van der Waals surface area contributed by atoms with Crippen molar-refractivity contribution in [3.63, 3.8) is 0 Å². The Balaban J connectivity index is 3.09. The Morgan fingerprint density at radius 2 is 1.45 bits per heavy atom. The number of nitrogens with one attached hydrogen (secondary N) is 1. The monoisotopic (exact) mass is 305 g/mol. The third-order valence-electron chi connectivity index (χ3n) is 5.17. The Hall–Kier alpha value is -1.35. The number of amides is 1. The molecule has 22 heavy (non-hydrogen) atoms. The highest BCUT2D eigenvalue weighted by molar-refractivity contribution is 5.95. The summed E-state index contributed by atoms with van der Waals surface area (Å²) in [6.07, 6.45) is 0.866. The van der Waals surface area contributed by atoms with Crippen LogP contribution >= 0.6 is 0 Å². The number of quaternary nitrogens is 1. The van der Waals surface area contributed by atoms with Crippen LogP contribution in [0.25, 0.3) is 0 Å². The van der Waals surface area contributed by atoms with Gasteiger partial charge in [0.25, 0.3) is 5.91 Å². The predicted octanol–water partition coefficient (Wildman–Crippen LogP) is 4.21. The van der Waals surface area contributed by atoms with E-state index in [9.17, 15) is 4.79 Å². The number of hydrogen-bond acceptors (Lipinski definition) is 1. The maximum Gasteiger partial charge on any atom is 0.282 e. The average molecular weight is 305 g/mol. The molecule has 0 radical (unpaired) electrons. The van der Waals surface area contributed by atoms with Crippen LogP contribution in [0.4, 0.5) is 5.69 Å². The minimum atomic E-state index is 0.0140. The molecule has 1 unspecified atom stereocenters. The molecule has 0 aliphatic carbocycles. The fraction of sp³-hybridized carbons (Fsp3) is 0.632. The van der Waals surface area contributed by atoms with Gasteiger partial charge in [-0.05, 0) is 52.7 Å². The summed E-state index contributed by atoms with van der Waals surface area (Å²) >= 11 is 0. The first-order chi connectivity index (χ1) is 10.3. The van der Waals surface area contributed by atoms with Crippen molar-refractivity contribution in [2.75, 3.05) is 25.0 Å². The van der Waals surface area contributed by atoms with Crippen LogP contribution in [0.15, 0.2) is 12.1 Å². The van der Waals surface area contributed by atoms with Crippen LogP contribution in [0.5, 0.6) is 0 Å². The van der Waals surface area contributed by atoms with Gasteiger partial charge in [-0.2, -0.15) is 0 Å². The standard InChI is InChI=1S/C19H32N2O/c1-8-17(21(9-2,10-3)11-4)19(22)20-18-15(6)12-14(5)13-16(18)7/h12-13,17H,8-11H2,1-7H3/p+1. The molecule has 1 aromatic rings. The van der Waals surface area contributed by atoms with Crippen molar-refractivity contribution in [3.05, 3.63) is 28.8 Å². The molecule has 0 spiro atoms. The van der Waals surface area contributed by atoms with Crippen LogP contribution in [0.1, 0.15) is 50.8 Å². The van der Waals surface area contributed by atoms with E-state index in [-0.39, 0.29) is 11.9 Å². The van der Waals surface area contributed by atoms with Crippen molar-refractivity contribution >= 4 is 11.6 Å². The van der Waals surface area contributed by atoms with Crippen LogP contribution in [-0.2, 0) is 4.79 Å². The maximum atomic E-state index is 12.9. The second-order valence-corrected chi connectivity index (χ2v) is 6.35. The Kier molecular flexibility index (Phi) is 6.61. The summed E-state index contributed by atoms with van der Waals surface area (Å²) < 4.78 is 0.853. The van der Waals surface area contributed by atoms with Crippen LogP contribution < -0.4 is 5.32 Å². The van der Waals surface area contributed by atoms with Crippen molar-refractivity contribution in [1.29, 1.82) is 0 Å². The van der Waals surface area contributed by atoms with E-state index in [0.29, 0.717) is 0 Å². The summed E-state index contributed by atoms with van der Waals surface area (Å²) in [5.74, 6) is 0.156. The third-order valence-corrected chi connectivity index (χ3v) is 5.17. The molecule has 0 saturated carbocycles. The number of anilines is 1. The number of aryl methyl sites for hydroxylation is 3. The summed E-state index contributed by atoms with van der Waals surface area (Å²) in [4.78, 5) is 12.9. The minimum absolute atomic E-state index is 0.0140. The molecule has 3 heteroatoms. The number of benzene rings is 1. The first kappa shape index (κ1) is 18.7. The lowest BCUT2D eigenvalue weighted by atomic mass is 10.0. The SMILES string of the molecule is CCC(C(=O)Nc1c(C)cc(C)cc1C)[N+](CC)(CC)CC. The number of hydrogen-bond donors (Lipinski definition) is 1. The van der Waals surface area contributed by atoms with E-state index in [0.717, 1.165) is 47.4 Å². The van der Waals surface area contributed by atoms with Crippen LogP contribution in [0.2, 0.25) is 0 Å². The van der Waals surface area contributed by atoms with E-state index >= 15 is 0 Å². The molecule has 0 aromatic heterocycles. The number of likely N-dealkylation sites (N-methyl/N-ethyl adjacent to an activating group) is 1. The second-order valence-electron chi connectivity index (χ2n) is 6.35. The van der Waals surface area contributed by atoms with Crippen molar-refractivity contribution in [2.45, 2.75) is 60.9 Å². The normalized spacial score (nSPS) is 13.0. The highest BCUT2D eigenvalue weighted by Gasteiger charge is 2.37. The number of carbonyl (C=O) groups is 1. The van der Waals surface area contributed by atoms with Gasteiger partial charge < -0.3 is 9.80 Å². The zero-order valence-electron chi connectivity index (χ0n) is 15.4. The van der Waals surface area contributed by atoms with Crippen LogP contribution in [0.3, 0.4) is 0 Å². The van der Waals surface area contributed by atoms with Gasteiger partial charge in [0.05, 0.1) is 19.6 Å². The molecule has 1 N–H and O–H groups in total. The fourth-order valence-corrected chi connectivity index (χ4v) is 3.74. The Labute approximate surface area is 136 Å². The maximum absolute atomic E-state index is 12.9. The summed E-state index contributed by atoms with van der Waals surface area (Å²) in [5.41, 5.74) is 4.50. The molecule has 0 aliphatic rings. The first-order valence-electron chi connectivity index (χ1n) is 8.59. The molecule has 1 aromatic carbocycles. The van der Waals surface area contributed by atoms with Crippen molar-refractivity contribution < 1.29 is 9.28 Å². The van der Waals surface area contributed by atoms with Gasteiger partial charge in [-0.25, -0.2) is 0 Å². The second kappa shape index (κ2) is 7.77. The topological polar surface area (TPSA) is 29.1 Å². The van der Waals surface area contributed by atoms with E-state index < -0.39 is 0 Å². The average Bonchev–Trinajstić information content (AvgIpc) is 2.48. The highest BCUT2D eigenvalue weighted by Crippen LogP contribution is 2.24. The minimum Gasteiger partial charge on any atom is -0.320 e. The zero-order chi connectivity index (χ0) is 16.9. The lowest BCUT2D eigenvalue weighted by molar-refractivity contribution is -0.938. The van der Waals surface area contributed by atoms with E-state index in [2.05, 4.69) is 65.9 Å². The Bertz CT molecular complexity index is 487. The number of rotatable bonds is 7. The van der Waals surface area contributed by atoms with Crippen molar-refractivity contribution in [2.24, 2.45) is 0 Å². The van der Waals surface area contributed by atoms with Crippen LogP contribution in [-0.4, -0.2) is 36.1 Å². The molecule has 0 aliphatic heterocycles. The molecule has 0 saturated heterocycles. The molecule has 0 heterocycles. The van der Waals surface area contributed by atoms with E-state index in [1.807, 2.05) is 0 Å². The predicted molar refractivity (Wildman–Crippen MR) is 95.2 cm³/mol. The number of nitrogens with zero attached hydrogens (tertiary/aromatic N) is 1. The summed E-state index contributed by atoms with van der Waals surface area (Å²) in [5, 5.41) is 3.21. The highest BCUT2D eigenvalue weighted by atomic mass is 16.2. The molecule has 0 bridgehead atoms. The summed E-state index contributed by atoms with van der Waals surface area (Å²) in [7, 11) is 0. The molecule has 1 amide bonds. The summed E-state index contributed by atoms with van der Waals surface area (Å²) in [6.45, 7) is 17.9. The molecular formula is C19H33N2O+. The molecule has 1 atom stereocenters. The smallest absolute Gasteiger partial charge is 0.282 e. The third kappa shape index (κ3) is 3.70. The van der Waals surface area contributed by atoms with Crippen molar-refractivity contribution in [3.8, 4) is 0 Å². The van der Waals surface area contributed by atoms with Gasteiger partial charge in [0.2, 0.25) is 0 Å². The fourth-order valence-electron chi connectivity index (χ4n) is 3.74. The molecule has 0 fully saturated rings. The van der Waals surface area contributed by atoms with Gasteiger partial charge in [0, 0.05) is 12.1 Å². The van der Waals surface area contributed by atoms with Gasteiger partial charge in [-0.3, -0.25) is 4.79 Å². The van der Waals surface area contributed by atoms with E-state index in [1.165, 1.54) is 5.56 Å². The van der Waals surface area contributed by atoms with Gasteiger partial charge in [0.1, 0.15) is 0 Å². The van der Waals surface area contributed by atoms with E-state index in [1.54, 1.807) is 0 Å². The quantitative estimate of drug-likeness (QED) is 0.751. The van der Waals surface area contributed by atoms with Crippen LogP contribution in [0, 0.1) is 20.8 Å². The summed E-state index contributed by atoms with van der Waals surface area (Å²) in [6, 6.07) is 4.27. The lowest BCUT2D eigenvalue weighted by Crippen LogP contribution is -2.59. The van der Waals surface area contributed by atoms with Gasteiger partial charge in [0.15, 0.2) is 6.04 Å². The molecule has 124 valence electrons. The molecular weight excluding hydrogens is 272 g/mol. The first-order valence-corrected chi connectivity index (χ1v) is 8.59. The molecule has 1 rings (SSSR count). The molecule has 3 nitrogen and oxygen atoms in total. The van der Waals surface area contributed by atoms with Crippen molar-refractivity contribution in [1.82, 2.24) is 0 Å². The van der Waals surface area contributed by atoms with Gasteiger partial charge in [-0.15, -0.1) is 0 Å². The number of carbonyl (C=O) groups excluding carboxylic acids is 1. The zero-order valence-corrected chi connectivity index (χ0v) is 15.4. The largest absolute Gasteiger partial charge is 0.320 e. The van der Waals surface area contributed by atoms with Gasteiger partial charge in [-0.1, -0.05) is 24.6 Å². The Morgan fingerprint density at radius 3 is 1.82 bits per heavy atom. The lowest BCUT2D eigenvalue weighted by Gasteiger charge is -2.41.